The minimum absolute atomic E-state index is 0.260. The van der Waals surface area contributed by atoms with E-state index in [-0.39, 0.29) is 11.3 Å². The predicted octanol–water partition coefficient (Wildman–Crippen LogP) is 2.69. The van der Waals surface area contributed by atoms with Crippen molar-refractivity contribution >= 4 is 22.8 Å². The average Bonchev–Trinajstić information content (AvgIpc) is 2.70. The first-order chi connectivity index (χ1) is 12.6. The molecule has 0 unspecified atom stereocenters. The van der Waals surface area contributed by atoms with E-state index in [0.29, 0.717) is 28.1 Å². The average molecular weight is 352 g/mol. The van der Waals surface area contributed by atoms with Crippen LogP contribution in [-0.2, 0) is 4.74 Å². The molecule has 0 N–H and O–H groups in total. The van der Waals surface area contributed by atoms with Crippen molar-refractivity contribution in [2.75, 3.05) is 20.8 Å². The van der Waals surface area contributed by atoms with Gasteiger partial charge in [0.25, 0.3) is 0 Å². The summed E-state index contributed by atoms with van der Waals surface area (Å²) >= 11 is 0. The van der Waals surface area contributed by atoms with Crippen LogP contribution in [0.25, 0.3) is 11.0 Å². The van der Waals surface area contributed by atoms with Gasteiger partial charge in [-0.1, -0.05) is 6.07 Å². The number of hydrogen-bond donors (Lipinski definition) is 0. The van der Waals surface area contributed by atoms with E-state index in [1.807, 2.05) is 0 Å². The third kappa shape index (κ3) is 3.46. The highest BCUT2D eigenvalue weighted by molar-refractivity contribution is 6.04. The first-order valence-electron chi connectivity index (χ1n) is 7.76. The van der Waals surface area contributed by atoms with Crippen LogP contribution in [0.15, 0.2) is 48.8 Å². The predicted molar refractivity (Wildman–Crippen MR) is 93.7 cm³/mol. The zero-order valence-electron chi connectivity index (χ0n) is 14.3. The SMILES string of the molecule is COc1ccc(C(=O)COC(=O)c2cccc3nccnc23)cc1OC. The maximum atomic E-state index is 12.3. The summed E-state index contributed by atoms with van der Waals surface area (Å²) in [7, 11) is 2.99. The zero-order valence-corrected chi connectivity index (χ0v) is 14.3. The minimum atomic E-state index is -0.634. The normalized spacial score (nSPS) is 10.4. The van der Waals surface area contributed by atoms with Crippen LogP contribution >= 0.6 is 0 Å². The van der Waals surface area contributed by atoms with Crippen LogP contribution in [0.5, 0.6) is 11.5 Å². The fourth-order valence-electron chi connectivity index (χ4n) is 2.46. The van der Waals surface area contributed by atoms with Gasteiger partial charge in [-0.15, -0.1) is 0 Å². The Morgan fingerprint density at radius 2 is 1.73 bits per heavy atom. The molecule has 0 amide bonds. The second-order valence-corrected chi connectivity index (χ2v) is 5.30. The molecular formula is C19H16N2O5. The molecule has 0 radical (unpaired) electrons. The quantitative estimate of drug-likeness (QED) is 0.498. The Labute approximate surface area is 149 Å². The Morgan fingerprint density at radius 3 is 2.50 bits per heavy atom. The highest BCUT2D eigenvalue weighted by atomic mass is 16.5. The second-order valence-electron chi connectivity index (χ2n) is 5.30. The Hall–Kier alpha value is -3.48. The number of hydrogen-bond acceptors (Lipinski definition) is 7. The van der Waals surface area contributed by atoms with Crippen LogP contribution in [0.1, 0.15) is 20.7 Å². The van der Waals surface area contributed by atoms with E-state index in [1.165, 1.54) is 26.6 Å². The van der Waals surface area contributed by atoms with Crippen LogP contribution in [-0.4, -0.2) is 42.5 Å². The lowest BCUT2D eigenvalue weighted by Gasteiger charge is -2.09. The molecule has 2 aromatic carbocycles. The molecule has 26 heavy (non-hydrogen) atoms. The summed E-state index contributed by atoms with van der Waals surface area (Å²) in [5.41, 5.74) is 1.62. The van der Waals surface area contributed by atoms with Crippen molar-refractivity contribution in [3.63, 3.8) is 0 Å². The first kappa shape index (κ1) is 17.3. The molecule has 1 heterocycles. The maximum absolute atomic E-state index is 12.3. The van der Waals surface area contributed by atoms with Crippen LogP contribution in [0, 0.1) is 0 Å². The van der Waals surface area contributed by atoms with E-state index < -0.39 is 12.6 Å². The van der Waals surface area contributed by atoms with Gasteiger partial charge < -0.3 is 14.2 Å². The van der Waals surface area contributed by atoms with Gasteiger partial charge >= 0.3 is 5.97 Å². The minimum Gasteiger partial charge on any atom is -0.493 e. The summed E-state index contributed by atoms with van der Waals surface area (Å²) in [5, 5.41) is 0. The van der Waals surface area contributed by atoms with E-state index in [2.05, 4.69) is 9.97 Å². The molecule has 0 atom stereocenters. The lowest BCUT2D eigenvalue weighted by atomic mass is 10.1. The molecule has 0 bridgehead atoms. The molecule has 1 aromatic heterocycles. The number of nitrogens with zero attached hydrogens (tertiary/aromatic N) is 2. The molecule has 7 nitrogen and oxygen atoms in total. The fraction of sp³-hybridized carbons (Fsp3) is 0.158. The van der Waals surface area contributed by atoms with E-state index in [0.717, 1.165) is 0 Å². The molecule has 0 saturated heterocycles. The smallest absolute Gasteiger partial charge is 0.340 e. The van der Waals surface area contributed by atoms with Crippen molar-refractivity contribution in [2.45, 2.75) is 0 Å². The molecule has 0 aliphatic carbocycles. The van der Waals surface area contributed by atoms with Crippen LogP contribution in [0.4, 0.5) is 0 Å². The number of methoxy groups -OCH3 is 2. The lowest BCUT2D eigenvalue weighted by molar-refractivity contribution is 0.0476. The molecule has 0 spiro atoms. The van der Waals surface area contributed by atoms with Crippen LogP contribution < -0.4 is 9.47 Å². The number of Topliss-reactive ketones (excluding diaryl/α,β-unsaturated/α-hetero) is 1. The number of ether oxygens (including phenoxy) is 3. The van der Waals surface area contributed by atoms with E-state index >= 15 is 0 Å². The summed E-state index contributed by atoms with van der Waals surface area (Å²) in [6.07, 6.45) is 3.03. The van der Waals surface area contributed by atoms with Gasteiger partial charge in [-0.05, 0) is 30.3 Å². The highest BCUT2D eigenvalue weighted by Crippen LogP contribution is 2.27. The molecule has 3 aromatic rings. The number of benzene rings is 2. The van der Waals surface area contributed by atoms with Crippen molar-refractivity contribution in [1.82, 2.24) is 9.97 Å². The summed E-state index contributed by atoms with van der Waals surface area (Å²) in [6, 6.07) is 9.76. The number of para-hydroxylation sites is 1. The Kier molecular flexibility index (Phi) is 5.07. The number of carbonyl (C=O) groups is 2. The number of aromatic nitrogens is 2. The summed E-state index contributed by atoms with van der Waals surface area (Å²) in [4.78, 5) is 32.9. The third-order valence-electron chi connectivity index (χ3n) is 3.76. The lowest BCUT2D eigenvalue weighted by Crippen LogP contribution is -2.15. The molecular weight excluding hydrogens is 336 g/mol. The number of fused-ring (bicyclic) bond motifs is 1. The van der Waals surface area contributed by atoms with Gasteiger partial charge in [0, 0.05) is 18.0 Å². The standard InChI is InChI=1S/C19H16N2O5/c1-24-16-7-6-12(10-17(16)25-2)15(22)11-26-19(23)13-4-3-5-14-18(13)21-9-8-20-14/h3-10H,11H2,1-2H3. The van der Waals surface area contributed by atoms with Crippen LogP contribution in [0.3, 0.4) is 0 Å². The monoisotopic (exact) mass is 352 g/mol. The maximum Gasteiger partial charge on any atom is 0.340 e. The van der Waals surface area contributed by atoms with Crippen molar-refractivity contribution < 1.29 is 23.8 Å². The molecule has 0 saturated carbocycles. The van der Waals surface area contributed by atoms with E-state index in [1.54, 1.807) is 36.4 Å². The Morgan fingerprint density at radius 1 is 0.962 bits per heavy atom. The summed E-state index contributed by atoms with van der Waals surface area (Å²) < 4.78 is 15.5. The van der Waals surface area contributed by atoms with Gasteiger partial charge in [0.2, 0.25) is 0 Å². The molecule has 0 aliphatic heterocycles. The third-order valence-corrected chi connectivity index (χ3v) is 3.76. The Balaban J connectivity index is 1.74. The number of esters is 1. The molecule has 132 valence electrons. The van der Waals surface area contributed by atoms with Gasteiger partial charge in [0.1, 0.15) is 5.52 Å². The fourth-order valence-corrected chi connectivity index (χ4v) is 2.46. The number of ketones is 1. The van der Waals surface area contributed by atoms with Gasteiger partial charge in [-0.3, -0.25) is 14.8 Å². The molecule has 0 aliphatic rings. The highest BCUT2D eigenvalue weighted by Gasteiger charge is 2.16. The number of carbonyl (C=O) groups excluding carboxylic acids is 2. The molecule has 0 fully saturated rings. The van der Waals surface area contributed by atoms with Gasteiger partial charge in [0.05, 0.1) is 25.3 Å². The van der Waals surface area contributed by atoms with E-state index in [9.17, 15) is 9.59 Å². The van der Waals surface area contributed by atoms with Crippen molar-refractivity contribution in [3.8, 4) is 11.5 Å². The summed E-state index contributed by atoms with van der Waals surface area (Å²) in [6.45, 7) is -0.398. The molecule has 3 rings (SSSR count). The van der Waals surface area contributed by atoms with Crippen molar-refractivity contribution in [3.05, 3.63) is 59.9 Å². The van der Waals surface area contributed by atoms with Gasteiger partial charge in [-0.2, -0.15) is 0 Å². The van der Waals surface area contributed by atoms with Crippen molar-refractivity contribution in [1.29, 1.82) is 0 Å². The largest absolute Gasteiger partial charge is 0.493 e. The first-order valence-corrected chi connectivity index (χ1v) is 7.76. The van der Waals surface area contributed by atoms with E-state index in [4.69, 9.17) is 14.2 Å². The summed E-state index contributed by atoms with van der Waals surface area (Å²) in [5.74, 6) is -0.0556. The van der Waals surface area contributed by atoms with Crippen LogP contribution in [0.2, 0.25) is 0 Å². The molecule has 7 heteroatoms. The second kappa shape index (κ2) is 7.60. The Bertz CT molecular complexity index is 966. The van der Waals surface area contributed by atoms with Crippen molar-refractivity contribution in [2.24, 2.45) is 0 Å². The zero-order chi connectivity index (χ0) is 18.5. The topological polar surface area (TPSA) is 87.6 Å². The number of rotatable bonds is 6. The van der Waals surface area contributed by atoms with Gasteiger partial charge in [0.15, 0.2) is 23.9 Å². The van der Waals surface area contributed by atoms with Gasteiger partial charge in [-0.25, -0.2) is 4.79 Å².